The van der Waals surface area contributed by atoms with E-state index in [1.54, 1.807) is 19.1 Å². The molecule has 20 heavy (non-hydrogen) atoms. The molecule has 0 fully saturated rings. The van der Waals surface area contributed by atoms with E-state index in [9.17, 15) is 9.59 Å². The zero-order chi connectivity index (χ0) is 15.1. The summed E-state index contributed by atoms with van der Waals surface area (Å²) in [5.41, 5.74) is 1.18. The Kier molecular flexibility index (Phi) is 6.03. The van der Waals surface area contributed by atoms with Crippen molar-refractivity contribution in [1.82, 2.24) is 5.32 Å². The molecule has 1 rings (SSSR count). The molecule has 0 saturated heterocycles. The van der Waals surface area contributed by atoms with E-state index in [-0.39, 0.29) is 17.6 Å². The number of urea groups is 1. The largest absolute Gasteiger partial charge is 0.478 e. The highest BCUT2D eigenvalue weighted by atomic mass is 16.4. The molecule has 3 N–H and O–H groups in total. The van der Waals surface area contributed by atoms with Crippen LogP contribution in [0.3, 0.4) is 0 Å². The van der Waals surface area contributed by atoms with Crippen LogP contribution in [0.15, 0.2) is 18.2 Å². The normalized spacial score (nSPS) is 11.8. The van der Waals surface area contributed by atoms with Gasteiger partial charge in [0.05, 0.1) is 11.3 Å². The van der Waals surface area contributed by atoms with E-state index in [0.717, 1.165) is 24.8 Å². The Hall–Kier alpha value is -2.04. The maximum absolute atomic E-state index is 12.0. The molecule has 0 bridgehead atoms. The molecule has 0 aliphatic rings. The van der Waals surface area contributed by atoms with E-state index in [0.29, 0.717) is 5.69 Å². The average Bonchev–Trinajstić information content (AvgIpc) is 2.40. The van der Waals surface area contributed by atoms with Crippen LogP contribution in [0.2, 0.25) is 0 Å². The second-order valence-electron chi connectivity index (χ2n) is 4.79. The summed E-state index contributed by atoms with van der Waals surface area (Å²) in [5, 5.41) is 14.7. The second-order valence-corrected chi connectivity index (χ2v) is 4.79. The molecule has 0 aromatic heterocycles. The molecular weight excluding hydrogens is 256 g/mol. The Morgan fingerprint density at radius 1 is 1.30 bits per heavy atom. The molecule has 0 aliphatic carbocycles. The monoisotopic (exact) mass is 278 g/mol. The molecule has 110 valence electrons. The van der Waals surface area contributed by atoms with Crippen molar-refractivity contribution < 1.29 is 14.7 Å². The highest BCUT2D eigenvalue weighted by molar-refractivity contribution is 6.01. The van der Waals surface area contributed by atoms with Crippen molar-refractivity contribution in [2.75, 3.05) is 5.32 Å². The van der Waals surface area contributed by atoms with E-state index < -0.39 is 5.97 Å². The lowest BCUT2D eigenvalue weighted by molar-refractivity contribution is 0.0698. The minimum absolute atomic E-state index is 0.101. The van der Waals surface area contributed by atoms with Crippen LogP contribution in [0.25, 0.3) is 0 Å². The molecular formula is C15H22N2O3. The molecule has 1 atom stereocenters. The van der Waals surface area contributed by atoms with Gasteiger partial charge in [0.15, 0.2) is 0 Å². The Bertz CT molecular complexity index is 486. The topological polar surface area (TPSA) is 78.4 Å². The van der Waals surface area contributed by atoms with Gasteiger partial charge in [-0.25, -0.2) is 9.59 Å². The van der Waals surface area contributed by atoms with E-state index in [1.807, 2.05) is 6.92 Å². The van der Waals surface area contributed by atoms with E-state index >= 15 is 0 Å². The van der Waals surface area contributed by atoms with Crippen molar-refractivity contribution in [1.29, 1.82) is 0 Å². The first kappa shape index (κ1) is 16.0. The number of aromatic carboxylic acids is 1. The van der Waals surface area contributed by atoms with Crippen LogP contribution in [0.4, 0.5) is 10.5 Å². The maximum Gasteiger partial charge on any atom is 0.337 e. The van der Waals surface area contributed by atoms with Crippen molar-refractivity contribution in [3.05, 3.63) is 29.3 Å². The summed E-state index contributed by atoms with van der Waals surface area (Å²) in [4.78, 5) is 23.1. The maximum atomic E-state index is 12.0. The Labute approximate surface area is 119 Å². The number of hydrogen-bond donors (Lipinski definition) is 3. The summed E-state index contributed by atoms with van der Waals surface area (Å²) in [6.07, 6.45) is 2.74. The molecule has 1 aromatic rings. The molecule has 5 nitrogen and oxygen atoms in total. The van der Waals surface area contributed by atoms with E-state index in [4.69, 9.17) is 5.11 Å². The third-order valence-corrected chi connectivity index (χ3v) is 3.21. The Morgan fingerprint density at radius 3 is 2.55 bits per heavy atom. The van der Waals surface area contributed by atoms with Gasteiger partial charge in [-0.3, -0.25) is 0 Å². The van der Waals surface area contributed by atoms with Crippen LogP contribution < -0.4 is 10.6 Å². The zero-order valence-electron chi connectivity index (χ0n) is 12.2. The number of carbonyl (C=O) groups excluding carboxylic acids is 1. The number of carbonyl (C=O) groups is 2. The smallest absolute Gasteiger partial charge is 0.337 e. The number of benzene rings is 1. The van der Waals surface area contributed by atoms with Gasteiger partial charge in [0.25, 0.3) is 0 Å². The predicted molar refractivity (Wildman–Crippen MR) is 79.3 cm³/mol. The van der Waals surface area contributed by atoms with Gasteiger partial charge in [0.1, 0.15) is 0 Å². The van der Waals surface area contributed by atoms with Gasteiger partial charge in [0.2, 0.25) is 0 Å². The average molecular weight is 278 g/mol. The fraction of sp³-hybridized carbons (Fsp3) is 0.467. The SMILES string of the molecule is CCCC(CC)NC(=O)Nc1c(C)cccc1C(=O)O. The first-order valence-corrected chi connectivity index (χ1v) is 6.90. The Balaban J connectivity index is 2.82. The van der Waals surface area contributed by atoms with Gasteiger partial charge in [-0.1, -0.05) is 32.4 Å². The van der Waals surface area contributed by atoms with Gasteiger partial charge < -0.3 is 15.7 Å². The van der Waals surface area contributed by atoms with Crippen molar-refractivity contribution in [2.45, 2.75) is 46.1 Å². The van der Waals surface area contributed by atoms with Crippen LogP contribution >= 0.6 is 0 Å². The van der Waals surface area contributed by atoms with Crippen molar-refractivity contribution in [3.8, 4) is 0 Å². The van der Waals surface area contributed by atoms with Gasteiger partial charge in [-0.15, -0.1) is 0 Å². The summed E-state index contributed by atoms with van der Waals surface area (Å²) in [6.45, 7) is 5.84. The number of nitrogens with one attached hydrogen (secondary N) is 2. The highest BCUT2D eigenvalue weighted by Gasteiger charge is 2.15. The van der Waals surface area contributed by atoms with Crippen LogP contribution in [-0.2, 0) is 0 Å². The number of amides is 2. The van der Waals surface area contributed by atoms with Gasteiger partial charge >= 0.3 is 12.0 Å². The van der Waals surface area contributed by atoms with Crippen LogP contribution in [-0.4, -0.2) is 23.1 Å². The number of anilines is 1. The van der Waals surface area contributed by atoms with Gasteiger partial charge in [0, 0.05) is 6.04 Å². The van der Waals surface area contributed by atoms with Crippen molar-refractivity contribution in [3.63, 3.8) is 0 Å². The molecule has 0 aliphatic heterocycles. The predicted octanol–water partition coefficient (Wildman–Crippen LogP) is 3.39. The summed E-state index contributed by atoms with van der Waals surface area (Å²) in [7, 11) is 0. The molecule has 0 spiro atoms. The number of carboxylic acid groups (broad SMARTS) is 1. The van der Waals surface area contributed by atoms with E-state index in [1.165, 1.54) is 6.07 Å². The molecule has 0 saturated carbocycles. The van der Waals surface area contributed by atoms with Gasteiger partial charge in [-0.05, 0) is 31.4 Å². The second kappa shape index (κ2) is 7.53. The standard InChI is InChI=1S/C15H22N2O3/c1-4-7-11(5-2)16-15(20)17-13-10(3)8-6-9-12(13)14(18)19/h6,8-9,11H,4-5,7H2,1-3H3,(H,18,19)(H2,16,17,20). The molecule has 1 unspecified atom stereocenters. The lowest BCUT2D eigenvalue weighted by atomic mass is 10.1. The summed E-state index contributed by atoms with van der Waals surface area (Å²) in [5.74, 6) is -1.05. The number of hydrogen-bond acceptors (Lipinski definition) is 2. The molecule has 5 heteroatoms. The molecule has 0 radical (unpaired) electrons. The van der Waals surface area contributed by atoms with Crippen LogP contribution in [0.5, 0.6) is 0 Å². The van der Waals surface area contributed by atoms with Crippen LogP contribution in [0.1, 0.15) is 49.0 Å². The number of aryl methyl sites for hydroxylation is 1. The first-order chi connectivity index (χ1) is 9.49. The highest BCUT2D eigenvalue weighted by Crippen LogP contribution is 2.20. The summed E-state index contributed by atoms with van der Waals surface area (Å²) < 4.78 is 0. The molecule has 2 amide bonds. The van der Waals surface area contributed by atoms with Crippen molar-refractivity contribution in [2.24, 2.45) is 0 Å². The molecule has 0 heterocycles. The molecule has 1 aromatic carbocycles. The lowest BCUT2D eigenvalue weighted by Crippen LogP contribution is -2.38. The summed E-state index contributed by atoms with van der Waals surface area (Å²) >= 11 is 0. The fourth-order valence-corrected chi connectivity index (χ4v) is 2.07. The third-order valence-electron chi connectivity index (χ3n) is 3.21. The third kappa shape index (κ3) is 4.26. The number of carboxylic acids is 1. The Morgan fingerprint density at radius 2 is 2.00 bits per heavy atom. The van der Waals surface area contributed by atoms with Gasteiger partial charge in [-0.2, -0.15) is 0 Å². The van der Waals surface area contributed by atoms with Crippen molar-refractivity contribution >= 4 is 17.7 Å². The fourth-order valence-electron chi connectivity index (χ4n) is 2.07. The van der Waals surface area contributed by atoms with Crippen LogP contribution in [0, 0.1) is 6.92 Å². The quantitative estimate of drug-likeness (QED) is 0.746. The summed E-state index contributed by atoms with van der Waals surface area (Å²) in [6, 6.07) is 4.66. The minimum Gasteiger partial charge on any atom is -0.478 e. The first-order valence-electron chi connectivity index (χ1n) is 6.90. The minimum atomic E-state index is -1.05. The number of para-hydroxylation sites is 1. The zero-order valence-corrected chi connectivity index (χ0v) is 12.2. The van der Waals surface area contributed by atoms with E-state index in [2.05, 4.69) is 17.6 Å². The number of rotatable bonds is 6. The lowest BCUT2D eigenvalue weighted by Gasteiger charge is -2.18.